The summed E-state index contributed by atoms with van der Waals surface area (Å²) in [7, 11) is 2.21. The van der Waals surface area contributed by atoms with Crippen LogP contribution in [0.15, 0.2) is 88.9 Å². The molecule has 1 aromatic heterocycles. The van der Waals surface area contributed by atoms with E-state index in [2.05, 4.69) is 58.0 Å². The van der Waals surface area contributed by atoms with Crippen molar-refractivity contribution in [2.45, 2.75) is 52.4 Å². The van der Waals surface area contributed by atoms with E-state index in [0.717, 1.165) is 61.2 Å². The molecule has 47 heavy (non-hydrogen) atoms. The van der Waals surface area contributed by atoms with Crippen LogP contribution in [0.2, 0.25) is 0 Å². The number of benzene rings is 2. The van der Waals surface area contributed by atoms with Crippen molar-refractivity contribution in [3.63, 3.8) is 0 Å². The standard InChI is InChI=1S/C29H38ClN5O.C8H6N2O/c1-4-6-28-32-25-17-22(19-31-20-25)7-8-23-18-24(33-29(34-28)26(30)5-2)9-10-27(23)36-16-13-21-11-14-35(3)15-12-21;9-5-7-1-3-8(4-2-7)10-6-11/h5-6,9-10,17-21,32H,4,7-8,11-16H2,1-3H3,(H,33,34);1-4,6H,(H,10,11)/b26-5+,28-6+;. The van der Waals surface area contributed by atoms with Gasteiger partial charge in [-0.15, -0.1) is 0 Å². The fourth-order valence-electron chi connectivity index (χ4n) is 5.36. The van der Waals surface area contributed by atoms with Crippen molar-refractivity contribution in [2.24, 2.45) is 10.9 Å². The molecule has 1 amide bonds. The monoisotopic (exact) mass is 653 g/mol. The highest BCUT2D eigenvalue weighted by Gasteiger charge is 2.17. The minimum Gasteiger partial charge on any atom is -0.493 e. The molecule has 0 unspecified atom stereocenters. The smallest absolute Gasteiger partial charge is 0.211 e. The zero-order valence-electron chi connectivity index (χ0n) is 27.4. The number of anilines is 3. The van der Waals surface area contributed by atoms with Gasteiger partial charge in [0.2, 0.25) is 6.41 Å². The second-order valence-corrected chi connectivity index (χ2v) is 12.0. The predicted octanol–water partition coefficient (Wildman–Crippen LogP) is 7.73. The van der Waals surface area contributed by atoms with Gasteiger partial charge in [0.05, 0.1) is 35.2 Å². The summed E-state index contributed by atoms with van der Waals surface area (Å²) in [5.74, 6) is 3.03. The quantitative estimate of drug-likeness (QED) is 0.213. The summed E-state index contributed by atoms with van der Waals surface area (Å²) >= 11 is 6.57. The molecule has 0 spiro atoms. The number of aromatic nitrogens is 1. The number of aryl methyl sites for hydroxylation is 2. The molecule has 10 heteroatoms. The molecule has 2 aliphatic heterocycles. The zero-order chi connectivity index (χ0) is 33.4. The van der Waals surface area contributed by atoms with Crippen LogP contribution in [0.4, 0.5) is 17.1 Å². The molecule has 0 saturated carbocycles. The van der Waals surface area contributed by atoms with Crippen LogP contribution in [-0.2, 0) is 17.6 Å². The summed E-state index contributed by atoms with van der Waals surface area (Å²) in [6.45, 7) is 7.11. The first kappa shape index (κ1) is 35.2. The third-order valence-electron chi connectivity index (χ3n) is 8.04. The van der Waals surface area contributed by atoms with Crippen molar-refractivity contribution in [3.05, 3.63) is 101 Å². The van der Waals surface area contributed by atoms with Crippen LogP contribution >= 0.6 is 11.6 Å². The predicted molar refractivity (Wildman–Crippen MR) is 192 cm³/mol. The molecular weight excluding hydrogens is 610 g/mol. The van der Waals surface area contributed by atoms with Crippen molar-refractivity contribution >= 4 is 40.9 Å². The lowest BCUT2D eigenvalue weighted by atomic mass is 9.94. The number of aliphatic imine (C=N–C) groups is 1. The lowest BCUT2D eigenvalue weighted by molar-refractivity contribution is -0.105. The minimum atomic E-state index is 0.556. The van der Waals surface area contributed by atoms with Crippen molar-refractivity contribution in [3.8, 4) is 11.8 Å². The number of nitrogens with one attached hydrogen (secondary N) is 3. The van der Waals surface area contributed by atoms with Gasteiger partial charge in [0.15, 0.2) is 5.84 Å². The van der Waals surface area contributed by atoms with Crippen LogP contribution in [0, 0.1) is 17.2 Å². The van der Waals surface area contributed by atoms with Crippen molar-refractivity contribution < 1.29 is 9.53 Å². The highest BCUT2D eigenvalue weighted by molar-refractivity contribution is 6.45. The Morgan fingerprint density at radius 3 is 2.60 bits per heavy atom. The van der Waals surface area contributed by atoms with Crippen LogP contribution < -0.4 is 20.7 Å². The normalized spacial score (nSPS) is 17.5. The van der Waals surface area contributed by atoms with Crippen molar-refractivity contribution in [1.82, 2.24) is 9.88 Å². The number of amides is 1. The van der Waals surface area contributed by atoms with Gasteiger partial charge in [-0.25, -0.2) is 4.99 Å². The summed E-state index contributed by atoms with van der Waals surface area (Å²) in [5.41, 5.74) is 5.46. The topological polar surface area (TPSA) is 115 Å². The molecule has 0 aliphatic carbocycles. The van der Waals surface area contributed by atoms with Gasteiger partial charge in [0, 0.05) is 17.6 Å². The lowest BCUT2D eigenvalue weighted by Crippen LogP contribution is -2.30. The zero-order valence-corrected chi connectivity index (χ0v) is 28.2. The highest BCUT2D eigenvalue weighted by atomic mass is 35.5. The maximum absolute atomic E-state index is 9.95. The molecule has 2 aliphatic rings. The number of piperidine rings is 1. The van der Waals surface area contributed by atoms with E-state index in [1.807, 2.05) is 43.6 Å². The fourth-order valence-corrected chi connectivity index (χ4v) is 5.45. The Morgan fingerprint density at radius 2 is 1.89 bits per heavy atom. The van der Waals surface area contributed by atoms with Gasteiger partial charge in [-0.1, -0.05) is 24.6 Å². The molecular formula is C37H44ClN7O2. The van der Waals surface area contributed by atoms with Crippen LogP contribution in [0.3, 0.4) is 0 Å². The highest BCUT2D eigenvalue weighted by Crippen LogP contribution is 2.28. The van der Waals surface area contributed by atoms with E-state index in [1.165, 1.54) is 37.1 Å². The number of likely N-dealkylation sites (tertiary alicyclic amines) is 1. The number of allylic oxidation sites excluding steroid dienone is 2. The van der Waals surface area contributed by atoms with Gasteiger partial charge in [-0.05, 0) is 137 Å². The maximum atomic E-state index is 9.95. The van der Waals surface area contributed by atoms with E-state index in [0.29, 0.717) is 28.5 Å². The van der Waals surface area contributed by atoms with Crippen LogP contribution in [0.1, 0.15) is 56.2 Å². The molecule has 9 nitrogen and oxygen atoms in total. The Hall–Kier alpha value is -4.65. The largest absolute Gasteiger partial charge is 0.493 e. The second-order valence-electron chi connectivity index (χ2n) is 11.6. The Kier molecular flexibility index (Phi) is 13.8. The summed E-state index contributed by atoms with van der Waals surface area (Å²) in [5, 5.41) is 18.3. The van der Waals surface area contributed by atoms with Gasteiger partial charge < -0.3 is 25.6 Å². The second kappa shape index (κ2) is 18.5. The van der Waals surface area contributed by atoms with E-state index in [1.54, 1.807) is 24.3 Å². The first-order chi connectivity index (χ1) is 22.9. The third-order valence-corrected chi connectivity index (χ3v) is 8.44. The van der Waals surface area contributed by atoms with Crippen LogP contribution in [-0.4, -0.2) is 48.9 Å². The Morgan fingerprint density at radius 1 is 1.11 bits per heavy atom. The van der Waals surface area contributed by atoms with Gasteiger partial charge in [0.1, 0.15) is 11.6 Å². The molecule has 3 heterocycles. The number of fused-ring (bicyclic) bond motifs is 4. The van der Waals surface area contributed by atoms with Crippen LogP contribution in [0.5, 0.6) is 5.75 Å². The molecule has 3 N–H and O–H groups in total. The number of pyridine rings is 1. The van der Waals surface area contributed by atoms with Crippen LogP contribution in [0.25, 0.3) is 0 Å². The van der Waals surface area contributed by atoms with Crippen molar-refractivity contribution in [2.75, 3.05) is 42.7 Å². The molecule has 2 aromatic carbocycles. The number of nitriles is 1. The number of carbonyl (C=O) groups excluding carboxylic acids is 1. The molecule has 5 rings (SSSR count). The number of ether oxygens (including phenoxy) is 1. The number of amidine groups is 1. The van der Waals surface area contributed by atoms with E-state index >= 15 is 0 Å². The summed E-state index contributed by atoms with van der Waals surface area (Å²) in [6.07, 6.45) is 14.4. The Bertz CT molecular complexity index is 1600. The van der Waals surface area contributed by atoms with E-state index in [4.69, 9.17) is 26.6 Å². The average molecular weight is 654 g/mol. The molecule has 3 aromatic rings. The minimum absolute atomic E-state index is 0.556. The number of nitrogens with zero attached hydrogens (tertiary/aromatic N) is 4. The summed E-state index contributed by atoms with van der Waals surface area (Å²) in [6, 6.07) is 17.0. The van der Waals surface area contributed by atoms with Gasteiger partial charge in [-0.2, -0.15) is 5.26 Å². The Balaban J connectivity index is 0.000000385. The van der Waals surface area contributed by atoms with E-state index < -0.39 is 0 Å². The summed E-state index contributed by atoms with van der Waals surface area (Å²) in [4.78, 5) is 21.7. The number of halogens is 1. The number of carbonyl (C=O) groups is 1. The molecule has 0 radical (unpaired) electrons. The van der Waals surface area contributed by atoms with Gasteiger partial charge in [0.25, 0.3) is 0 Å². The number of hydrogen-bond acceptors (Lipinski definition) is 8. The molecule has 246 valence electrons. The SMILES string of the molecule is C\C=C(Cl)/C1=N\C(=C\CC)Nc2cncc(c2)CCc2cc(ccc2OCCC2CCN(C)CC2)N1.N#Cc1ccc(NC=O)cc1. The van der Waals surface area contributed by atoms with E-state index in [9.17, 15) is 4.79 Å². The van der Waals surface area contributed by atoms with Gasteiger partial charge in [-0.3, -0.25) is 9.78 Å². The average Bonchev–Trinajstić information content (AvgIpc) is 3.09. The number of hydrogen-bond donors (Lipinski definition) is 3. The fraction of sp³-hybridized carbons (Fsp3) is 0.351. The lowest BCUT2D eigenvalue weighted by Gasteiger charge is -2.28. The van der Waals surface area contributed by atoms with Crippen molar-refractivity contribution in [1.29, 1.82) is 5.26 Å². The molecule has 4 bridgehead atoms. The Labute approximate surface area is 283 Å². The van der Waals surface area contributed by atoms with E-state index in [-0.39, 0.29) is 0 Å². The first-order valence-electron chi connectivity index (χ1n) is 16.1. The first-order valence-corrected chi connectivity index (χ1v) is 16.5. The molecule has 1 saturated heterocycles. The van der Waals surface area contributed by atoms with Gasteiger partial charge >= 0.3 is 0 Å². The molecule has 0 atom stereocenters. The number of rotatable bonds is 8. The third kappa shape index (κ3) is 11.3. The maximum Gasteiger partial charge on any atom is 0.211 e. The summed E-state index contributed by atoms with van der Waals surface area (Å²) < 4.78 is 6.35. The molecule has 1 fully saturated rings.